The molecule has 0 bridgehead atoms. The summed E-state index contributed by atoms with van der Waals surface area (Å²) in [5, 5.41) is 9.75. The number of rotatable bonds is 4. The van der Waals surface area contributed by atoms with Gasteiger partial charge in [-0.2, -0.15) is 5.26 Å². The first-order valence-corrected chi connectivity index (χ1v) is 6.59. The van der Waals surface area contributed by atoms with Crippen LogP contribution in [0.25, 0.3) is 0 Å². The minimum atomic E-state index is -0.436. The van der Waals surface area contributed by atoms with E-state index in [1.54, 1.807) is 13.0 Å². The number of carbonyl (C=O) groups is 1. The summed E-state index contributed by atoms with van der Waals surface area (Å²) >= 11 is 3.36. The van der Waals surface area contributed by atoms with Crippen LogP contribution in [0, 0.1) is 11.3 Å². The maximum Gasteiger partial charge on any atom is 0.339 e. The summed E-state index contributed by atoms with van der Waals surface area (Å²) in [7, 11) is 0. The Morgan fingerprint density at radius 1 is 1.47 bits per heavy atom. The lowest BCUT2D eigenvalue weighted by molar-refractivity contribution is 0.0526. The van der Waals surface area contributed by atoms with Crippen LogP contribution >= 0.6 is 15.9 Å². The SMILES string of the molecule is CCOC(=O)c1ccc(CC)c(CBr)c1C#N. The number of aryl methyl sites for hydroxylation is 1. The van der Waals surface area contributed by atoms with Gasteiger partial charge < -0.3 is 4.74 Å². The van der Waals surface area contributed by atoms with Crippen LogP contribution in [-0.2, 0) is 16.5 Å². The maximum absolute atomic E-state index is 11.7. The van der Waals surface area contributed by atoms with Crippen molar-refractivity contribution in [3.05, 3.63) is 34.4 Å². The Labute approximate surface area is 110 Å². The molecule has 4 heteroatoms. The zero-order valence-electron chi connectivity index (χ0n) is 9.92. The minimum absolute atomic E-state index is 0.308. The van der Waals surface area contributed by atoms with Crippen LogP contribution in [0.5, 0.6) is 0 Å². The molecular weight excluding hydrogens is 282 g/mol. The van der Waals surface area contributed by atoms with Crippen LogP contribution in [0.15, 0.2) is 12.1 Å². The second kappa shape index (κ2) is 6.41. The fraction of sp³-hybridized carbons (Fsp3) is 0.385. The van der Waals surface area contributed by atoms with Crippen LogP contribution in [0.1, 0.15) is 40.9 Å². The molecule has 1 aromatic rings. The predicted molar refractivity (Wildman–Crippen MR) is 69.1 cm³/mol. The smallest absolute Gasteiger partial charge is 0.339 e. The van der Waals surface area contributed by atoms with Crippen molar-refractivity contribution in [3.8, 4) is 6.07 Å². The Bertz CT molecular complexity index is 463. The fourth-order valence-corrected chi connectivity index (χ4v) is 2.32. The van der Waals surface area contributed by atoms with Crippen molar-refractivity contribution in [2.45, 2.75) is 25.6 Å². The van der Waals surface area contributed by atoms with Gasteiger partial charge in [0.25, 0.3) is 0 Å². The number of carbonyl (C=O) groups excluding carboxylic acids is 1. The molecule has 17 heavy (non-hydrogen) atoms. The zero-order chi connectivity index (χ0) is 12.8. The summed E-state index contributed by atoms with van der Waals surface area (Å²) in [6.45, 7) is 4.07. The average Bonchev–Trinajstić information content (AvgIpc) is 2.36. The molecule has 3 nitrogen and oxygen atoms in total. The van der Waals surface area contributed by atoms with Crippen LogP contribution in [-0.4, -0.2) is 12.6 Å². The monoisotopic (exact) mass is 295 g/mol. The first-order chi connectivity index (χ1) is 8.19. The van der Waals surface area contributed by atoms with Crippen molar-refractivity contribution >= 4 is 21.9 Å². The molecule has 1 aromatic carbocycles. The normalized spacial score (nSPS) is 9.76. The third-order valence-electron chi connectivity index (χ3n) is 2.53. The Kier molecular flexibility index (Phi) is 5.17. The van der Waals surface area contributed by atoms with Gasteiger partial charge in [0.15, 0.2) is 0 Å². The molecule has 0 unspecified atom stereocenters. The molecule has 0 aliphatic carbocycles. The van der Waals surface area contributed by atoms with Crippen molar-refractivity contribution in [1.82, 2.24) is 0 Å². The van der Waals surface area contributed by atoms with Crippen LogP contribution in [0.3, 0.4) is 0 Å². The van der Waals surface area contributed by atoms with Gasteiger partial charge in [0.1, 0.15) is 6.07 Å². The van der Waals surface area contributed by atoms with E-state index >= 15 is 0 Å². The summed E-state index contributed by atoms with van der Waals surface area (Å²) in [5.74, 6) is -0.436. The molecule has 0 saturated heterocycles. The largest absolute Gasteiger partial charge is 0.462 e. The zero-order valence-corrected chi connectivity index (χ0v) is 11.5. The second-order valence-corrected chi connectivity index (χ2v) is 4.01. The van der Waals surface area contributed by atoms with E-state index in [-0.39, 0.29) is 0 Å². The van der Waals surface area contributed by atoms with Gasteiger partial charge in [-0.25, -0.2) is 4.79 Å². The first kappa shape index (κ1) is 13.7. The van der Waals surface area contributed by atoms with Crippen LogP contribution in [0.4, 0.5) is 0 Å². The van der Waals surface area contributed by atoms with E-state index in [2.05, 4.69) is 22.0 Å². The average molecular weight is 296 g/mol. The molecule has 0 radical (unpaired) electrons. The van der Waals surface area contributed by atoms with E-state index in [0.29, 0.717) is 23.1 Å². The molecule has 0 aliphatic rings. The number of nitrogens with zero attached hydrogens (tertiary/aromatic N) is 1. The third-order valence-corrected chi connectivity index (χ3v) is 3.09. The Morgan fingerprint density at radius 3 is 2.65 bits per heavy atom. The lowest BCUT2D eigenvalue weighted by Crippen LogP contribution is -2.09. The fourth-order valence-electron chi connectivity index (χ4n) is 1.68. The number of benzene rings is 1. The van der Waals surface area contributed by atoms with E-state index in [1.165, 1.54) is 0 Å². The molecule has 0 aromatic heterocycles. The Balaban J connectivity index is 3.34. The van der Waals surface area contributed by atoms with Gasteiger partial charge >= 0.3 is 5.97 Å². The van der Waals surface area contributed by atoms with Gasteiger partial charge in [0.05, 0.1) is 17.7 Å². The van der Waals surface area contributed by atoms with E-state index < -0.39 is 5.97 Å². The van der Waals surface area contributed by atoms with Gasteiger partial charge in [-0.1, -0.05) is 28.9 Å². The highest BCUT2D eigenvalue weighted by molar-refractivity contribution is 9.08. The minimum Gasteiger partial charge on any atom is -0.462 e. The number of hydrogen-bond acceptors (Lipinski definition) is 3. The standard InChI is InChI=1S/C13H14BrNO2/c1-3-9-5-6-10(13(16)17-4-2)12(8-15)11(9)7-14/h5-6H,3-4,7H2,1-2H3. The molecule has 0 saturated carbocycles. The number of alkyl halides is 1. The molecule has 0 atom stereocenters. The highest BCUT2D eigenvalue weighted by Crippen LogP contribution is 2.22. The number of hydrogen-bond donors (Lipinski definition) is 0. The molecule has 0 N–H and O–H groups in total. The van der Waals surface area contributed by atoms with E-state index in [4.69, 9.17) is 4.74 Å². The predicted octanol–water partition coefficient (Wildman–Crippen LogP) is 3.19. The molecule has 0 fully saturated rings. The first-order valence-electron chi connectivity index (χ1n) is 5.47. The summed E-state index contributed by atoms with van der Waals surface area (Å²) in [6.07, 6.45) is 0.832. The van der Waals surface area contributed by atoms with Crippen molar-refractivity contribution < 1.29 is 9.53 Å². The summed E-state index contributed by atoms with van der Waals surface area (Å²) in [4.78, 5) is 11.7. The van der Waals surface area contributed by atoms with Gasteiger partial charge in [-0.15, -0.1) is 0 Å². The summed E-state index contributed by atoms with van der Waals surface area (Å²) < 4.78 is 4.94. The number of nitriles is 1. The van der Waals surface area contributed by atoms with Gasteiger partial charge in [-0.3, -0.25) is 0 Å². The van der Waals surface area contributed by atoms with Gasteiger partial charge in [0.2, 0.25) is 0 Å². The lowest BCUT2D eigenvalue weighted by Gasteiger charge is -2.11. The molecule has 1 rings (SSSR count). The number of esters is 1. The van der Waals surface area contributed by atoms with Crippen molar-refractivity contribution in [2.75, 3.05) is 6.61 Å². The molecule has 0 spiro atoms. The number of ether oxygens (including phenoxy) is 1. The van der Waals surface area contributed by atoms with Crippen LogP contribution in [0.2, 0.25) is 0 Å². The lowest BCUT2D eigenvalue weighted by atomic mass is 9.96. The highest BCUT2D eigenvalue weighted by atomic mass is 79.9. The van der Waals surface area contributed by atoms with Crippen LogP contribution < -0.4 is 0 Å². The van der Waals surface area contributed by atoms with Crippen molar-refractivity contribution in [1.29, 1.82) is 5.26 Å². The van der Waals surface area contributed by atoms with E-state index in [1.807, 2.05) is 13.0 Å². The molecule has 90 valence electrons. The third kappa shape index (κ3) is 2.86. The topological polar surface area (TPSA) is 50.1 Å². The molecule has 0 heterocycles. The highest BCUT2D eigenvalue weighted by Gasteiger charge is 2.17. The molecule has 0 aliphatic heterocycles. The quantitative estimate of drug-likeness (QED) is 0.633. The molecular formula is C13H14BrNO2. The molecule has 0 amide bonds. The van der Waals surface area contributed by atoms with Crippen molar-refractivity contribution in [3.63, 3.8) is 0 Å². The van der Waals surface area contributed by atoms with E-state index in [9.17, 15) is 10.1 Å². The van der Waals surface area contributed by atoms with E-state index in [0.717, 1.165) is 17.5 Å². The summed E-state index contributed by atoms with van der Waals surface area (Å²) in [5.41, 5.74) is 2.72. The van der Waals surface area contributed by atoms with Gasteiger partial charge in [-0.05, 0) is 30.5 Å². The Morgan fingerprint density at radius 2 is 2.18 bits per heavy atom. The number of halogens is 1. The maximum atomic E-state index is 11.7. The van der Waals surface area contributed by atoms with Crippen molar-refractivity contribution in [2.24, 2.45) is 0 Å². The van der Waals surface area contributed by atoms with Gasteiger partial charge in [0, 0.05) is 5.33 Å². The second-order valence-electron chi connectivity index (χ2n) is 3.45. The Hall–Kier alpha value is -1.34. The summed E-state index contributed by atoms with van der Waals surface area (Å²) in [6, 6.07) is 5.65.